The van der Waals surface area contributed by atoms with Gasteiger partial charge in [-0.2, -0.15) is 0 Å². The summed E-state index contributed by atoms with van der Waals surface area (Å²) in [6.45, 7) is 0.563. The van der Waals surface area contributed by atoms with Gasteiger partial charge in [-0.1, -0.05) is 5.92 Å². The highest BCUT2D eigenvalue weighted by Crippen LogP contribution is 2.18. The highest BCUT2D eigenvalue weighted by Gasteiger charge is 2.05. The standard InChI is InChI=1S/C14H15N5O/c1-3-8-15-9-13(20)17-12-6-4-11(5-7-12)14-18-16-10-19(14)2/h1,4-7,10,15H,8-9H2,2H3,(H,17,20). The normalized spacial score (nSPS) is 10.0. The number of aryl methyl sites for hydroxylation is 1. The van der Waals surface area contributed by atoms with Crippen LogP contribution in [0.25, 0.3) is 11.4 Å². The lowest BCUT2D eigenvalue weighted by molar-refractivity contribution is -0.115. The summed E-state index contributed by atoms with van der Waals surface area (Å²) in [4.78, 5) is 11.6. The molecule has 0 saturated carbocycles. The van der Waals surface area contributed by atoms with Crippen LogP contribution < -0.4 is 10.6 Å². The zero-order chi connectivity index (χ0) is 14.4. The van der Waals surface area contributed by atoms with Gasteiger partial charge in [-0.25, -0.2) is 0 Å². The molecule has 102 valence electrons. The molecule has 0 bridgehead atoms. The maximum absolute atomic E-state index is 11.6. The number of amides is 1. The van der Waals surface area contributed by atoms with E-state index in [1.54, 1.807) is 6.33 Å². The molecule has 0 atom stereocenters. The third-order valence-corrected chi connectivity index (χ3v) is 2.65. The van der Waals surface area contributed by atoms with Gasteiger partial charge < -0.3 is 9.88 Å². The van der Waals surface area contributed by atoms with Crippen molar-refractivity contribution in [3.05, 3.63) is 30.6 Å². The average molecular weight is 269 g/mol. The summed E-state index contributed by atoms with van der Waals surface area (Å²) in [6.07, 6.45) is 6.73. The topological polar surface area (TPSA) is 71.8 Å². The molecule has 2 rings (SSSR count). The molecule has 0 aliphatic heterocycles. The molecule has 1 heterocycles. The minimum atomic E-state index is -0.133. The van der Waals surface area contributed by atoms with Crippen LogP contribution in [-0.2, 0) is 11.8 Å². The summed E-state index contributed by atoms with van der Waals surface area (Å²) in [7, 11) is 1.88. The number of hydrogen-bond acceptors (Lipinski definition) is 4. The largest absolute Gasteiger partial charge is 0.325 e. The van der Waals surface area contributed by atoms with E-state index < -0.39 is 0 Å². The molecule has 1 aromatic heterocycles. The summed E-state index contributed by atoms with van der Waals surface area (Å²) in [5, 5.41) is 13.5. The lowest BCUT2D eigenvalue weighted by atomic mass is 10.2. The molecule has 0 aliphatic carbocycles. The molecule has 0 saturated heterocycles. The van der Waals surface area contributed by atoms with Gasteiger partial charge in [0.2, 0.25) is 5.91 Å². The van der Waals surface area contributed by atoms with Gasteiger partial charge in [0.15, 0.2) is 5.82 Å². The van der Waals surface area contributed by atoms with Crippen LogP contribution in [0.1, 0.15) is 0 Å². The highest BCUT2D eigenvalue weighted by molar-refractivity contribution is 5.92. The number of nitrogens with one attached hydrogen (secondary N) is 2. The Labute approximate surface area is 117 Å². The smallest absolute Gasteiger partial charge is 0.238 e. The van der Waals surface area contributed by atoms with Crippen LogP contribution in [0.2, 0.25) is 0 Å². The molecule has 6 nitrogen and oxygen atoms in total. The molecule has 2 N–H and O–H groups in total. The third-order valence-electron chi connectivity index (χ3n) is 2.65. The number of anilines is 1. The Kier molecular flexibility index (Phi) is 4.47. The van der Waals surface area contributed by atoms with Crippen molar-refractivity contribution in [1.29, 1.82) is 0 Å². The molecular weight excluding hydrogens is 254 g/mol. The van der Waals surface area contributed by atoms with Gasteiger partial charge in [-0.15, -0.1) is 16.6 Å². The second-order valence-corrected chi connectivity index (χ2v) is 4.20. The van der Waals surface area contributed by atoms with E-state index in [0.29, 0.717) is 6.54 Å². The first-order valence-electron chi connectivity index (χ1n) is 6.09. The van der Waals surface area contributed by atoms with E-state index in [2.05, 4.69) is 26.8 Å². The van der Waals surface area contributed by atoms with Gasteiger partial charge in [0.1, 0.15) is 6.33 Å². The van der Waals surface area contributed by atoms with Crippen molar-refractivity contribution < 1.29 is 4.79 Å². The van der Waals surface area contributed by atoms with Crippen molar-refractivity contribution in [1.82, 2.24) is 20.1 Å². The van der Waals surface area contributed by atoms with Crippen LogP contribution in [0.4, 0.5) is 5.69 Å². The third kappa shape index (κ3) is 3.43. The van der Waals surface area contributed by atoms with Crippen molar-refractivity contribution in [3.8, 4) is 23.7 Å². The number of rotatable bonds is 5. The molecule has 0 fully saturated rings. The maximum atomic E-state index is 11.6. The first kappa shape index (κ1) is 13.8. The van der Waals surface area contributed by atoms with Crippen LogP contribution in [-0.4, -0.2) is 33.8 Å². The fraction of sp³-hybridized carbons (Fsp3) is 0.214. The molecule has 2 aromatic rings. The minimum Gasteiger partial charge on any atom is -0.325 e. The first-order valence-corrected chi connectivity index (χ1v) is 6.09. The number of hydrogen-bond donors (Lipinski definition) is 2. The summed E-state index contributed by atoms with van der Waals surface area (Å²) >= 11 is 0. The molecule has 1 amide bonds. The van der Waals surface area contributed by atoms with Gasteiger partial charge in [0.25, 0.3) is 0 Å². The lowest BCUT2D eigenvalue weighted by Gasteiger charge is -2.06. The molecular formula is C14H15N5O. The van der Waals surface area contributed by atoms with Gasteiger partial charge in [0, 0.05) is 18.3 Å². The molecule has 1 aromatic carbocycles. The minimum absolute atomic E-state index is 0.133. The Bertz CT molecular complexity index is 624. The summed E-state index contributed by atoms with van der Waals surface area (Å²) in [5.74, 6) is 3.05. The van der Waals surface area contributed by atoms with E-state index in [1.807, 2.05) is 35.9 Å². The number of nitrogens with zero attached hydrogens (tertiary/aromatic N) is 3. The number of terminal acetylenes is 1. The molecule has 20 heavy (non-hydrogen) atoms. The van der Waals surface area contributed by atoms with Crippen molar-refractivity contribution in [2.45, 2.75) is 0 Å². The number of carbonyl (C=O) groups is 1. The molecule has 6 heteroatoms. The number of aromatic nitrogens is 3. The second kappa shape index (κ2) is 6.50. The fourth-order valence-corrected chi connectivity index (χ4v) is 1.70. The average Bonchev–Trinajstić information content (AvgIpc) is 2.86. The zero-order valence-corrected chi connectivity index (χ0v) is 11.1. The SMILES string of the molecule is C#CCNCC(=O)Nc1ccc(-c2nncn2C)cc1. The van der Waals surface area contributed by atoms with Gasteiger partial charge in [-0.3, -0.25) is 10.1 Å². The van der Waals surface area contributed by atoms with Crippen LogP contribution in [0.15, 0.2) is 30.6 Å². The Morgan fingerprint density at radius 3 is 2.75 bits per heavy atom. The molecule has 0 radical (unpaired) electrons. The van der Waals surface area contributed by atoms with E-state index in [0.717, 1.165) is 17.1 Å². The monoisotopic (exact) mass is 269 g/mol. The van der Waals surface area contributed by atoms with Crippen molar-refractivity contribution >= 4 is 11.6 Å². The molecule has 0 spiro atoms. The Morgan fingerprint density at radius 1 is 1.40 bits per heavy atom. The van der Waals surface area contributed by atoms with E-state index >= 15 is 0 Å². The second-order valence-electron chi connectivity index (χ2n) is 4.20. The molecule has 0 aliphatic rings. The van der Waals surface area contributed by atoms with E-state index in [9.17, 15) is 4.79 Å². The number of carbonyl (C=O) groups excluding carboxylic acids is 1. The summed E-state index contributed by atoms with van der Waals surface area (Å²) < 4.78 is 1.83. The quantitative estimate of drug-likeness (QED) is 0.617. The summed E-state index contributed by atoms with van der Waals surface area (Å²) in [6, 6.07) is 7.41. The predicted molar refractivity (Wildman–Crippen MR) is 76.8 cm³/mol. The van der Waals surface area contributed by atoms with Gasteiger partial charge >= 0.3 is 0 Å². The van der Waals surface area contributed by atoms with Crippen LogP contribution >= 0.6 is 0 Å². The Balaban J connectivity index is 1.97. The first-order chi connectivity index (χ1) is 9.70. The van der Waals surface area contributed by atoms with Crippen molar-refractivity contribution in [2.75, 3.05) is 18.4 Å². The maximum Gasteiger partial charge on any atom is 0.238 e. The van der Waals surface area contributed by atoms with Crippen LogP contribution in [0.5, 0.6) is 0 Å². The zero-order valence-electron chi connectivity index (χ0n) is 11.1. The van der Waals surface area contributed by atoms with Crippen LogP contribution in [0.3, 0.4) is 0 Å². The molecule has 0 unspecified atom stereocenters. The Hall–Kier alpha value is -2.65. The van der Waals surface area contributed by atoms with Crippen molar-refractivity contribution in [2.24, 2.45) is 7.05 Å². The Morgan fingerprint density at radius 2 is 2.15 bits per heavy atom. The lowest BCUT2D eigenvalue weighted by Crippen LogP contribution is -2.28. The fourth-order valence-electron chi connectivity index (χ4n) is 1.70. The van der Waals surface area contributed by atoms with Crippen LogP contribution in [0, 0.1) is 12.3 Å². The van der Waals surface area contributed by atoms with E-state index in [-0.39, 0.29) is 12.5 Å². The van der Waals surface area contributed by atoms with Gasteiger partial charge in [0.05, 0.1) is 13.1 Å². The number of benzene rings is 1. The van der Waals surface area contributed by atoms with Crippen molar-refractivity contribution in [3.63, 3.8) is 0 Å². The highest BCUT2D eigenvalue weighted by atomic mass is 16.1. The van der Waals surface area contributed by atoms with E-state index in [4.69, 9.17) is 6.42 Å². The van der Waals surface area contributed by atoms with Gasteiger partial charge in [-0.05, 0) is 24.3 Å². The summed E-state index contributed by atoms with van der Waals surface area (Å²) in [5.41, 5.74) is 1.66. The predicted octanol–water partition coefficient (Wildman–Crippen LogP) is 0.643. The van der Waals surface area contributed by atoms with E-state index in [1.165, 1.54) is 0 Å².